The van der Waals surface area contributed by atoms with Gasteiger partial charge >= 0.3 is 10.2 Å². The largest absolute Gasteiger partial charge is 0.331 e. The van der Waals surface area contributed by atoms with Crippen molar-refractivity contribution in [3.8, 4) is 0 Å². The molecule has 5 nitrogen and oxygen atoms in total. The highest BCUT2D eigenvalue weighted by atomic mass is 32.2. The molecule has 1 aliphatic rings. The second-order valence-corrected chi connectivity index (χ2v) is 7.16. The molecule has 0 aromatic heterocycles. The van der Waals surface area contributed by atoms with Crippen LogP contribution in [0.3, 0.4) is 0 Å². The van der Waals surface area contributed by atoms with Crippen molar-refractivity contribution < 1.29 is 12.8 Å². The van der Waals surface area contributed by atoms with Crippen molar-refractivity contribution in [3.63, 3.8) is 0 Å². The van der Waals surface area contributed by atoms with Gasteiger partial charge in [0, 0.05) is 6.54 Å². The van der Waals surface area contributed by atoms with Crippen molar-refractivity contribution in [3.05, 3.63) is 66.0 Å². The topological polar surface area (TPSA) is 66.6 Å². The Kier molecular flexibility index (Phi) is 4.29. The summed E-state index contributed by atoms with van der Waals surface area (Å²) in [5.74, 6) is -0.576. The summed E-state index contributed by atoms with van der Waals surface area (Å²) in [5.41, 5.74) is 7.10. The first-order chi connectivity index (χ1) is 11.5. The van der Waals surface area contributed by atoms with Crippen molar-refractivity contribution >= 4 is 27.3 Å². The van der Waals surface area contributed by atoms with Crippen LogP contribution in [0.15, 0.2) is 54.6 Å². The minimum Gasteiger partial charge on any atom is -0.327 e. The zero-order valence-corrected chi connectivity index (χ0v) is 14.0. The molecule has 1 heterocycles. The number of rotatable bonds is 4. The van der Waals surface area contributed by atoms with Gasteiger partial charge in [-0.05, 0) is 36.8 Å². The standard InChI is InChI=1S/C17H18FN3O2S/c1-13-8-9-15(14(18)12-13)21-17-7-3-2-6-16(17)20(24(21,22)23)11-5-4-10-19/h2-9,12H,10-11,19H2,1H3/b5-4-. The van der Waals surface area contributed by atoms with Gasteiger partial charge in [0.25, 0.3) is 0 Å². The molecule has 0 atom stereocenters. The van der Waals surface area contributed by atoms with Crippen LogP contribution in [0.2, 0.25) is 0 Å². The molecule has 0 aliphatic carbocycles. The SMILES string of the molecule is Cc1ccc(N2c3ccccc3N(C/C=C\CN)S2(=O)=O)c(F)c1. The van der Waals surface area contributed by atoms with Crippen molar-refractivity contribution in [1.29, 1.82) is 0 Å². The molecule has 0 spiro atoms. The number of hydrogen-bond acceptors (Lipinski definition) is 3. The third-order valence-corrected chi connectivity index (χ3v) is 5.53. The van der Waals surface area contributed by atoms with Gasteiger partial charge in [0.15, 0.2) is 0 Å². The van der Waals surface area contributed by atoms with E-state index in [1.54, 1.807) is 49.4 Å². The van der Waals surface area contributed by atoms with Crippen LogP contribution in [-0.4, -0.2) is 21.5 Å². The fourth-order valence-corrected chi connectivity index (χ4v) is 4.36. The monoisotopic (exact) mass is 347 g/mol. The van der Waals surface area contributed by atoms with Crippen molar-refractivity contribution in [2.24, 2.45) is 5.73 Å². The van der Waals surface area contributed by atoms with Gasteiger partial charge in [-0.1, -0.05) is 30.4 Å². The lowest BCUT2D eigenvalue weighted by atomic mass is 10.2. The van der Waals surface area contributed by atoms with E-state index in [-0.39, 0.29) is 12.2 Å². The van der Waals surface area contributed by atoms with E-state index >= 15 is 0 Å². The van der Waals surface area contributed by atoms with E-state index in [2.05, 4.69) is 0 Å². The van der Waals surface area contributed by atoms with Crippen LogP contribution in [0.1, 0.15) is 5.56 Å². The Morgan fingerprint density at radius 2 is 1.79 bits per heavy atom. The molecule has 2 N–H and O–H groups in total. The van der Waals surface area contributed by atoms with Crippen molar-refractivity contribution in [2.45, 2.75) is 6.92 Å². The molecule has 126 valence electrons. The quantitative estimate of drug-likeness (QED) is 0.865. The van der Waals surface area contributed by atoms with Crippen molar-refractivity contribution in [1.82, 2.24) is 0 Å². The molecule has 0 saturated heterocycles. The Labute approximate surface area is 141 Å². The molecule has 0 amide bonds. The van der Waals surface area contributed by atoms with Gasteiger partial charge in [-0.2, -0.15) is 8.42 Å². The maximum Gasteiger partial charge on any atom is 0.331 e. The maximum atomic E-state index is 14.4. The molecule has 0 radical (unpaired) electrons. The molecular formula is C17H18FN3O2S. The van der Waals surface area contributed by atoms with Gasteiger partial charge < -0.3 is 5.73 Å². The first kappa shape index (κ1) is 16.5. The fraction of sp³-hybridized carbons (Fsp3) is 0.176. The second-order valence-electron chi connectivity index (χ2n) is 5.45. The number of nitrogens with zero attached hydrogens (tertiary/aromatic N) is 2. The van der Waals surface area contributed by atoms with Crippen LogP contribution in [0.4, 0.5) is 21.5 Å². The van der Waals surface area contributed by atoms with E-state index in [4.69, 9.17) is 5.73 Å². The Hall–Kier alpha value is -2.38. The molecule has 2 aromatic rings. The Balaban J connectivity index is 2.15. The highest BCUT2D eigenvalue weighted by molar-refractivity contribution is 7.95. The maximum absolute atomic E-state index is 14.4. The van der Waals surface area contributed by atoms with Gasteiger partial charge in [0.1, 0.15) is 5.82 Å². The minimum atomic E-state index is -3.92. The molecule has 1 aliphatic heterocycles. The number of aryl methyl sites for hydroxylation is 1. The van der Waals surface area contributed by atoms with Gasteiger partial charge in [-0.15, -0.1) is 0 Å². The van der Waals surface area contributed by atoms with E-state index in [9.17, 15) is 12.8 Å². The van der Waals surface area contributed by atoms with E-state index in [1.807, 2.05) is 0 Å². The number of nitrogens with two attached hydrogens (primary N) is 1. The molecule has 0 fully saturated rings. The second kappa shape index (κ2) is 6.26. The molecule has 0 bridgehead atoms. The zero-order valence-electron chi connectivity index (χ0n) is 13.2. The molecule has 0 unspecified atom stereocenters. The summed E-state index contributed by atoms with van der Waals surface area (Å²) < 4.78 is 42.7. The predicted molar refractivity (Wildman–Crippen MR) is 94.2 cm³/mol. The number of hydrogen-bond donors (Lipinski definition) is 1. The summed E-state index contributed by atoms with van der Waals surface area (Å²) >= 11 is 0. The predicted octanol–water partition coefficient (Wildman–Crippen LogP) is 2.85. The normalized spacial score (nSPS) is 16.0. The number of benzene rings is 2. The minimum absolute atomic E-state index is 0.0124. The summed E-state index contributed by atoms with van der Waals surface area (Å²) in [6.07, 6.45) is 3.37. The van der Waals surface area contributed by atoms with E-state index in [0.717, 1.165) is 9.87 Å². The number of para-hydroxylation sites is 2. The van der Waals surface area contributed by atoms with Gasteiger partial charge in [0.05, 0.1) is 23.6 Å². The summed E-state index contributed by atoms with van der Waals surface area (Å²) in [5, 5.41) is 0. The van der Waals surface area contributed by atoms with E-state index < -0.39 is 16.0 Å². The van der Waals surface area contributed by atoms with E-state index in [0.29, 0.717) is 17.9 Å². The first-order valence-electron chi connectivity index (χ1n) is 7.50. The molecule has 24 heavy (non-hydrogen) atoms. The summed E-state index contributed by atoms with van der Waals surface area (Å²) in [6, 6.07) is 11.3. The lowest BCUT2D eigenvalue weighted by Crippen LogP contribution is -2.35. The number of halogens is 1. The molecular weight excluding hydrogens is 329 g/mol. The average molecular weight is 347 g/mol. The Morgan fingerprint density at radius 1 is 1.08 bits per heavy atom. The number of fused-ring (bicyclic) bond motifs is 1. The highest BCUT2D eigenvalue weighted by Gasteiger charge is 2.41. The van der Waals surface area contributed by atoms with Crippen LogP contribution in [0.5, 0.6) is 0 Å². The Morgan fingerprint density at radius 3 is 2.46 bits per heavy atom. The van der Waals surface area contributed by atoms with Crippen molar-refractivity contribution in [2.75, 3.05) is 21.7 Å². The lowest BCUT2D eigenvalue weighted by Gasteiger charge is -2.21. The third kappa shape index (κ3) is 2.65. The lowest BCUT2D eigenvalue weighted by molar-refractivity contribution is 0.592. The van der Waals surface area contributed by atoms with Gasteiger partial charge in [-0.25, -0.2) is 13.0 Å². The summed E-state index contributed by atoms with van der Waals surface area (Å²) in [4.78, 5) is 0. The zero-order chi connectivity index (χ0) is 17.3. The van der Waals surface area contributed by atoms with Gasteiger partial charge in [0.2, 0.25) is 0 Å². The smallest absolute Gasteiger partial charge is 0.327 e. The van der Waals surface area contributed by atoms with Crippen LogP contribution in [0, 0.1) is 12.7 Å². The number of anilines is 3. The average Bonchev–Trinajstić information content (AvgIpc) is 2.76. The molecule has 2 aromatic carbocycles. The van der Waals surface area contributed by atoms with E-state index in [1.165, 1.54) is 16.4 Å². The van der Waals surface area contributed by atoms with Crippen LogP contribution in [-0.2, 0) is 10.2 Å². The first-order valence-corrected chi connectivity index (χ1v) is 8.89. The molecule has 0 saturated carbocycles. The van der Waals surface area contributed by atoms with Crippen LogP contribution >= 0.6 is 0 Å². The van der Waals surface area contributed by atoms with Crippen LogP contribution in [0.25, 0.3) is 0 Å². The summed E-state index contributed by atoms with van der Waals surface area (Å²) in [6.45, 7) is 2.22. The highest BCUT2D eigenvalue weighted by Crippen LogP contribution is 2.45. The molecule has 7 heteroatoms. The fourth-order valence-electron chi connectivity index (χ4n) is 2.68. The molecule has 3 rings (SSSR count). The van der Waals surface area contributed by atoms with Gasteiger partial charge in [-0.3, -0.25) is 0 Å². The Bertz CT molecular complexity index is 896. The third-order valence-electron chi connectivity index (χ3n) is 3.77. The summed E-state index contributed by atoms with van der Waals surface area (Å²) in [7, 11) is -3.92. The van der Waals surface area contributed by atoms with Crippen LogP contribution < -0.4 is 14.3 Å².